The molecule has 1 aromatic heterocycles. The lowest BCUT2D eigenvalue weighted by Gasteiger charge is -2.38. The minimum absolute atomic E-state index is 0. The van der Waals surface area contributed by atoms with Crippen molar-refractivity contribution in [2.24, 2.45) is 11.8 Å². The van der Waals surface area contributed by atoms with Crippen LogP contribution in [0.4, 0.5) is 0 Å². The second-order valence-electron chi connectivity index (χ2n) is 8.49. The molecular formula is C21H36ClN3OS. The maximum atomic E-state index is 5.74. The number of rotatable bonds is 6. The number of piperidine rings is 1. The summed E-state index contributed by atoms with van der Waals surface area (Å²) >= 11 is 1.92. The lowest BCUT2D eigenvalue weighted by atomic mass is 9.93. The second kappa shape index (κ2) is 10.6. The zero-order chi connectivity index (χ0) is 17.8. The van der Waals surface area contributed by atoms with Gasteiger partial charge >= 0.3 is 0 Å². The molecule has 4 rings (SSSR count). The molecule has 4 atom stereocenters. The van der Waals surface area contributed by atoms with Crippen LogP contribution in [0.3, 0.4) is 0 Å². The average Bonchev–Trinajstić information content (AvgIpc) is 3.36. The summed E-state index contributed by atoms with van der Waals surface area (Å²) in [6.07, 6.45) is 6.70. The molecular weight excluding hydrogens is 378 g/mol. The Hall–Kier alpha value is -0.170. The van der Waals surface area contributed by atoms with Crippen molar-refractivity contribution in [3.05, 3.63) is 22.4 Å². The van der Waals surface area contributed by atoms with Gasteiger partial charge in [-0.2, -0.15) is 0 Å². The molecule has 1 aliphatic carbocycles. The van der Waals surface area contributed by atoms with E-state index < -0.39 is 0 Å². The number of likely N-dealkylation sites (tertiary alicyclic amines) is 1. The van der Waals surface area contributed by atoms with Crippen LogP contribution in [-0.2, 0) is 4.74 Å². The molecule has 1 saturated carbocycles. The molecule has 2 aliphatic heterocycles. The van der Waals surface area contributed by atoms with Gasteiger partial charge in [0.2, 0.25) is 0 Å². The van der Waals surface area contributed by atoms with Crippen molar-refractivity contribution in [1.29, 1.82) is 0 Å². The largest absolute Gasteiger partial charge is 0.379 e. The van der Waals surface area contributed by atoms with E-state index in [1.807, 2.05) is 11.3 Å². The predicted octanol–water partition coefficient (Wildman–Crippen LogP) is 3.69. The summed E-state index contributed by atoms with van der Waals surface area (Å²) in [6.45, 7) is 8.75. The number of halogens is 1. The summed E-state index contributed by atoms with van der Waals surface area (Å²) in [5, 5.41) is 9.93. The molecule has 0 radical (unpaired) electrons. The minimum Gasteiger partial charge on any atom is -0.379 e. The number of thiophene rings is 1. The van der Waals surface area contributed by atoms with Crippen molar-refractivity contribution in [2.45, 2.75) is 57.2 Å². The van der Waals surface area contributed by atoms with Crippen LogP contribution in [0.15, 0.2) is 17.5 Å². The van der Waals surface area contributed by atoms with E-state index in [0.717, 1.165) is 38.1 Å². The van der Waals surface area contributed by atoms with Crippen LogP contribution in [0.1, 0.15) is 49.9 Å². The summed E-state index contributed by atoms with van der Waals surface area (Å²) in [5.74, 6) is 1.61. The molecule has 4 nitrogen and oxygen atoms in total. The molecule has 4 unspecified atom stereocenters. The van der Waals surface area contributed by atoms with E-state index >= 15 is 0 Å². The first-order valence-corrected chi connectivity index (χ1v) is 11.5. The molecule has 1 aromatic rings. The van der Waals surface area contributed by atoms with Crippen molar-refractivity contribution in [1.82, 2.24) is 15.5 Å². The molecule has 27 heavy (non-hydrogen) atoms. The van der Waals surface area contributed by atoms with E-state index in [4.69, 9.17) is 4.74 Å². The molecule has 0 amide bonds. The maximum absolute atomic E-state index is 5.74. The summed E-state index contributed by atoms with van der Waals surface area (Å²) in [6, 6.07) is 6.26. The van der Waals surface area contributed by atoms with Crippen LogP contribution in [0.25, 0.3) is 0 Å². The molecule has 154 valence electrons. The van der Waals surface area contributed by atoms with Gasteiger partial charge in [0.15, 0.2) is 0 Å². The molecule has 3 fully saturated rings. The lowest BCUT2D eigenvalue weighted by Crippen LogP contribution is -2.52. The van der Waals surface area contributed by atoms with Gasteiger partial charge in [-0.1, -0.05) is 19.4 Å². The Bertz CT molecular complexity index is 530. The highest BCUT2D eigenvalue weighted by atomic mass is 35.5. The van der Waals surface area contributed by atoms with Gasteiger partial charge in [0.05, 0.1) is 19.3 Å². The monoisotopic (exact) mass is 413 g/mol. The number of ether oxygens (including phenoxy) is 1. The Balaban J connectivity index is 0.00000210. The number of nitrogens with one attached hydrogen (secondary N) is 2. The second-order valence-corrected chi connectivity index (χ2v) is 9.47. The van der Waals surface area contributed by atoms with Gasteiger partial charge < -0.3 is 15.4 Å². The Morgan fingerprint density at radius 2 is 2.15 bits per heavy atom. The van der Waals surface area contributed by atoms with Crippen molar-refractivity contribution < 1.29 is 4.74 Å². The third-order valence-electron chi connectivity index (χ3n) is 6.74. The third kappa shape index (κ3) is 5.46. The van der Waals surface area contributed by atoms with Gasteiger partial charge in [-0.05, 0) is 62.1 Å². The first kappa shape index (κ1) is 21.5. The summed E-state index contributed by atoms with van der Waals surface area (Å²) < 4.78 is 5.74. The van der Waals surface area contributed by atoms with Crippen LogP contribution >= 0.6 is 23.7 Å². The Labute approximate surface area is 174 Å². The minimum atomic E-state index is 0. The van der Waals surface area contributed by atoms with Gasteiger partial charge in [-0.25, -0.2) is 0 Å². The summed E-state index contributed by atoms with van der Waals surface area (Å²) in [4.78, 5) is 4.26. The van der Waals surface area contributed by atoms with Crippen molar-refractivity contribution in [3.63, 3.8) is 0 Å². The van der Waals surface area contributed by atoms with E-state index in [-0.39, 0.29) is 12.4 Å². The fourth-order valence-corrected chi connectivity index (χ4v) is 5.94. The lowest BCUT2D eigenvalue weighted by molar-refractivity contribution is 0.0514. The topological polar surface area (TPSA) is 36.5 Å². The quantitative estimate of drug-likeness (QED) is 0.745. The molecule has 0 aromatic carbocycles. The number of hydrogen-bond donors (Lipinski definition) is 2. The Kier molecular flexibility index (Phi) is 8.42. The van der Waals surface area contributed by atoms with Crippen LogP contribution < -0.4 is 10.6 Å². The molecule has 0 spiro atoms. The SMILES string of the molecule is CC1CCN(C(CNC2CCCC2C2COCCN2)c2cccs2)CC1.Cl. The van der Waals surface area contributed by atoms with Crippen LogP contribution in [0.5, 0.6) is 0 Å². The molecule has 0 bridgehead atoms. The predicted molar refractivity (Wildman–Crippen MR) is 116 cm³/mol. The van der Waals surface area contributed by atoms with E-state index in [2.05, 4.69) is 40.0 Å². The Morgan fingerprint density at radius 1 is 1.30 bits per heavy atom. The molecule has 3 heterocycles. The summed E-state index contributed by atoms with van der Waals surface area (Å²) in [7, 11) is 0. The van der Waals surface area contributed by atoms with Gasteiger partial charge in [0, 0.05) is 30.1 Å². The highest BCUT2D eigenvalue weighted by Gasteiger charge is 2.35. The zero-order valence-electron chi connectivity index (χ0n) is 16.6. The fraction of sp³-hybridized carbons (Fsp3) is 0.810. The first-order valence-electron chi connectivity index (χ1n) is 10.6. The van der Waals surface area contributed by atoms with E-state index in [1.54, 1.807) is 0 Å². The number of nitrogens with zero attached hydrogens (tertiary/aromatic N) is 1. The highest BCUT2D eigenvalue weighted by molar-refractivity contribution is 7.10. The highest BCUT2D eigenvalue weighted by Crippen LogP contribution is 2.32. The van der Waals surface area contributed by atoms with Crippen molar-refractivity contribution in [3.8, 4) is 0 Å². The number of morpholine rings is 1. The standard InChI is InChI=1S/C21H35N3OS.ClH/c1-16-7-10-24(11-8-16)20(21-6-3-13-26-21)14-23-18-5-2-4-17(18)19-15-25-12-9-22-19;/h3,6,13,16-20,22-23H,2,4-5,7-12,14-15H2,1H3;1H. The first-order chi connectivity index (χ1) is 12.8. The molecule has 2 N–H and O–H groups in total. The fourth-order valence-electron chi connectivity index (χ4n) is 5.08. The normalized spacial score (nSPS) is 31.5. The average molecular weight is 414 g/mol. The Morgan fingerprint density at radius 3 is 2.85 bits per heavy atom. The molecule has 3 aliphatic rings. The van der Waals surface area contributed by atoms with Gasteiger partial charge in [0.25, 0.3) is 0 Å². The van der Waals surface area contributed by atoms with Crippen LogP contribution in [0, 0.1) is 11.8 Å². The molecule has 6 heteroatoms. The van der Waals surface area contributed by atoms with E-state index in [1.165, 1.54) is 50.1 Å². The van der Waals surface area contributed by atoms with E-state index in [0.29, 0.717) is 18.1 Å². The summed E-state index contributed by atoms with van der Waals surface area (Å²) in [5.41, 5.74) is 0. The van der Waals surface area contributed by atoms with Gasteiger partial charge in [-0.15, -0.1) is 23.7 Å². The number of hydrogen-bond acceptors (Lipinski definition) is 5. The maximum Gasteiger partial charge on any atom is 0.0623 e. The van der Waals surface area contributed by atoms with Crippen molar-refractivity contribution >= 4 is 23.7 Å². The third-order valence-corrected chi connectivity index (χ3v) is 7.71. The zero-order valence-corrected chi connectivity index (χ0v) is 18.2. The van der Waals surface area contributed by atoms with Crippen LogP contribution in [-0.4, -0.2) is 56.4 Å². The smallest absolute Gasteiger partial charge is 0.0623 e. The van der Waals surface area contributed by atoms with Crippen molar-refractivity contribution in [2.75, 3.05) is 39.4 Å². The van der Waals surface area contributed by atoms with Gasteiger partial charge in [0.1, 0.15) is 0 Å². The molecule has 2 saturated heterocycles. The van der Waals surface area contributed by atoms with Crippen LogP contribution in [0.2, 0.25) is 0 Å². The van der Waals surface area contributed by atoms with E-state index in [9.17, 15) is 0 Å². The van der Waals surface area contributed by atoms with Gasteiger partial charge in [-0.3, -0.25) is 4.90 Å².